The molecule has 0 saturated carbocycles. The van der Waals surface area contributed by atoms with Crippen LogP contribution in [-0.2, 0) is 14.3 Å². The molecule has 0 saturated heterocycles. The molecular formula is C21H42O3. The van der Waals surface area contributed by atoms with Crippen LogP contribution in [0.4, 0.5) is 0 Å². The van der Waals surface area contributed by atoms with E-state index in [0.717, 1.165) is 19.4 Å². The third-order valence-corrected chi connectivity index (χ3v) is 4.67. The van der Waals surface area contributed by atoms with Gasteiger partial charge in [0.2, 0.25) is 0 Å². The Hall–Kier alpha value is -0.570. The molecule has 0 heterocycles. The molecule has 0 radical (unpaired) electrons. The van der Waals surface area contributed by atoms with E-state index in [2.05, 4.69) is 18.6 Å². The van der Waals surface area contributed by atoms with Gasteiger partial charge in [-0.15, -0.1) is 0 Å². The second kappa shape index (κ2) is 18.8. The van der Waals surface area contributed by atoms with E-state index in [0.29, 0.717) is 12.5 Å². The van der Waals surface area contributed by atoms with Gasteiger partial charge in [-0.1, -0.05) is 77.6 Å². The van der Waals surface area contributed by atoms with Crippen LogP contribution in [0.25, 0.3) is 0 Å². The fraction of sp³-hybridized carbons (Fsp3) is 0.952. The highest BCUT2D eigenvalue weighted by Crippen LogP contribution is 2.16. The molecule has 0 aromatic rings. The largest absolute Gasteiger partial charge is 0.469 e. The molecule has 0 aromatic heterocycles. The van der Waals surface area contributed by atoms with Crippen LogP contribution in [0.2, 0.25) is 0 Å². The molecule has 24 heavy (non-hydrogen) atoms. The van der Waals surface area contributed by atoms with Gasteiger partial charge >= 0.3 is 5.97 Å². The SMILES string of the molecule is CCCCCCCCC(CCCCCCCCC(=O)OC)OCC. The quantitative estimate of drug-likeness (QED) is 0.212. The van der Waals surface area contributed by atoms with Gasteiger partial charge in [0.1, 0.15) is 0 Å². The zero-order valence-electron chi connectivity index (χ0n) is 16.6. The standard InChI is InChI=1S/C21H42O3/c1-4-6-7-8-11-14-17-20(24-5-2)18-15-12-9-10-13-16-19-21(22)23-3/h20H,4-19H2,1-3H3. The molecular weight excluding hydrogens is 300 g/mol. The number of ether oxygens (including phenoxy) is 2. The Morgan fingerprint density at radius 2 is 1.25 bits per heavy atom. The fourth-order valence-electron chi connectivity index (χ4n) is 3.15. The predicted molar refractivity (Wildman–Crippen MR) is 102 cm³/mol. The van der Waals surface area contributed by atoms with Gasteiger partial charge in [-0.3, -0.25) is 4.79 Å². The summed E-state index contributed by atoms with van der Waals surface area (Å²) in [7, 11) is 1.46. The first kappa shape index (κ1) is 23.4. The van der Waals surface area contributed by atoms with Crippen LogP contribution in [0, 0.1) is 0 Å². The van der Waals surface area contributed by atoms with E-state index in [-0.39, 0.29) is 5.97 Å². The number of hydrogen-bond acceptors (Lipinski definition) is 3. The first-order chi connectivity index (χ1) is 11.7. The van der Waals surface area contributed by atoms with Gasteiger partial charge in [-0.05, 0) is 26.2 Å². The molecule has 3 heteroatoms. The van der Waals surface area contributed by atoms with Crippen LogP contribution >= 0.6 is 0 Å². The van der Waals surface area contributed by atoms with Gasteiger partial charge in [0, 0.05) is 13.0 Å². The summed E-state index contributed by atoms with van der Waals surface area (Å²) < 4.78 is 10.6. The third-order valence-electron chi connectivity index (χ3n) is 4.67. The minimum absolute atomic E-state index is 0.0794. The lowest BCUT2D eigenvalue weighted by Crippen LogP contribution is -2.12. The smallest absolute Gasteiger partial charge is 0.305 e. The Bertz CT molecular complexity index is 266. The minimum atomic E-state index is -0.0794. The number of rotatable bonds is 18. The number of carbonyl (C=O) groups excluding carboxylic acids is 1. The summed E-state index contributed by atoms with van der Waals surface area (Å²) in [5.41, 5.74) is 0. The minimum Gasteiger partial charge on any atom is -0.469 e. The number of methoxy groups -OCH3 is 1. The summed E-state index contributed by atoms with van der Waals surface area (Å²) in [4.78, 5) is 11.0. The van der Waals surface area contributed by atoms with Crippen LogP contribution in [0.3, 0.4) is 0 Å². The van der Waals surface area contributed by atoms with Gasteiger partial charge < -0.3 is 9.47 Å². The highest BCUT2D eigenvalue weighted by atomic mass is 16.5. The number of unbranched alkanes of at least 4 members (excludes halogenated alkanes) is 10. The summed E-state index contributed by atoms with van der Waals surface area (Å²) in [5.74, 6) is -0.0794. The molecule has 1 unspecified atom stereocenters. The fourth-order valence-corrected chi connectivity index (χ4v) is 3.15. The Labute approximate surface area is 150 Å². The first-order valence-corrected chi connectivity index (χ1v) is 10.4. The molecule has 0 spiro atoms. The van der Waals surface area contributed by atoms with Gasteiger partial charge in [-0.2, -0.15) is 0 Å². The maximum Gasteiger partial charge on any atom is 0.305 e. The van der Waals surface area contributed by atoms with Crippen molar-refractivity contribution in [2.45, 2.75) is 116 Å². The molecule has 0 bridgehead atoms. The van der Waals surface area contributed by atoms with Crippen molar-refractivity contribution in [1.82, 2.24) is 0 Å². The van der Waals surface area contributed by atoms with Crippen LogP contribution in [0.5, 0.6) is 0 Å². The Morgan fingerprint density at radius 3 is 1.75 bits per heavy atom. The number of esters is 1. The molecule has 0 N–H and O–H groups in total. The lowest BCUT2D eigenvalue weighted by atomic mass is 10.0. The Morgan fingerprint density at radius 1 is 0.750 bits per heavy atom. The van der Waals surface area contributed by atoms with Crippen molar-refractivity contribution in [2.24, 2.45) is 0 Å². The van der Waals surface area contributed by atoms with Crippen molar-refractivity contribution < 1.29 is 14.3 Å². The van der Waals surface area contributed by atoms with E-state index in [1.54, 1.807) is 0 Å². The van der Waals surface area contributed by atoms with Crippen LogP contribution in [-0.4, -0.2) is 25.8 Å². The lowest BCUT2D eigenvalue weighted by molar-refractivity contribution is -0.140. The normalized spacial score (nSPS) is 12.3. The molecule has 0 fully saturated rings. The average molecular weight is 343 g/mol. The van der Waals surface area contributed by atoms with Crippen molar-refractivity contribution in [1.29, 1.82) is 0 Å². The zero-order valence-corrected chi connectivity index (χ0v) is 16.6. The third kappa shape index (κ3) is 16.3. The van der Waals surface area contributed by atoms with E-state index in [4.69, 9.17) is 4.74 Å². The maximum absolute atomic E-state index is 11.0. The highest BCUT2D eigenvalue weighted by Gasteiger charge is 2.08. The van der Waals surface area contributed by atoms with E-state index >= 15 is 0 Å². The molecule has 0 rings (SSSR count). The molecule has 0 aliphatic carbocycles. The predicted octanol–water partition coefficient (Wildman–Crippen LogP) is 6.44. The molecule has 0 aliphatic heterocycles. The van der Waals surface area contributed by atoms with E-state index < -0.39 is 0 Å². The molecule has 3 nitrogen and oxygen atoms in total. The summed E-state index contributed by atoms with van der Waals surface area (Å²) in [6, 6.07) is 0. The monoisotopic (exact) mass is 342 g/mol. The van der Waals surface area contributed by atoms with E-state index in [1.165, 1.54) is 84.2 Å². The van der Waals surface area contributed by atoms with Gasteiger partial charge in [0.15, 0.2) is 0 Å². The van der Waals surface area contributed by atoms with Crippen LogP contribution in [0.15, 0.2) is 0 Å². The lowest BCUT2D eigenvalue weighted by Gasteiger charge is -2.17. The van der Waals surface area contributed by atoms with Crippen molar-refractivity contribution in [3.8, 4) is 0 Å². The average Bonchev–Trinajstić information content (AvgIpc) is 2.59. The van der Waals surface area contributed by atoms with Crippen molar-refractivity contribution in [3.63, 3.8) is 0 Å². The molecule has 144 valence electrons. The van der Waals surface area contributed by atoms with E-state index in [1.807, 2.05) is 0 Å². The highest BCUT2D eigenvalue weighted by molar-refractivity contribution is 5.68. The van der Waals surface area contributed by atoms with Gasteiger partial charge in [-0.25, -0.2) is 0 Å². The Balaban J connectivity index is 3.48. The van der Waals surface area contributed by atoms with Crippen molar-refractivity contribution in [2.75, 3.05) is 13.7 Å². The molecule has 0 aliphatic rings. The van der Waals surface area contributed by atoms with Gasteiger partial charge in [0.05, 0.1) is 13.2 Å². The number of carbonyl (C=O) groups is 1. The summed E-state index contributed by atoms with van der Waals surface area (Å²) in [6.45, 7) is 5.22. The topological polar surface area (TPSA) is 35.5 Å². The van der Waals surface area contributed by atoms with E-state index in [9.17, 15) is 4.79 Å². The summed E-state index contributed by atoms with van der Waals surface area (Å²) >= 11 is 0. The zero-order chi connectivity index (χ0) is 17.9. The molecule has 1 atom stereocenters. The number of hydrogen-bond donors (Lipinski definition) is 0. The maximum atomic E-state index is 11.0. The van der Waals surface area contributed by atoms with Crippen LogP contribution < -0.4 is 0 Å². The first-order valence-electron chi connectivity index (χ1n) is 10.4. The molecule has 0 aromatic carbocycles. The second-order valence-corrected chi connectivity index (χ2v) is 6.87. The molecule has 0 amide bonds. The summed E-state index contributed by atoms with van der Waals surface area (Å²) in [5, 5.41) is 0. The Kier molecular flexibility index (Phi) is 18.3. The van der Waals surface area contributed by atoms with Crippen molar-refractivity contribution >= 4 is 5.97 Å². The van der Waals surface area contributed by atoms with Gasteiger partial charge in [0.25, 0.3) is 0 Å². The van der Waals surface area contributed by atoms with Crippen molar-refractivity contribution in [3.05, 3.63) is 0 Å². The van der Waals surface area contributed by atoms with Crippen LogP contribution in [0.1, 0.15) is 110 Å². The second-order valence-electron chi connectivity index (χ2n) is 6.87. The summed E-state index contributed by atoms with van der Waals surface area (Å²) in [6.07, 6.45) is 18.8.